The highest BCUT2D eigenvalue weighted by Gasteiger charge is 2.22. The van der Waals surface area contributed by atoms with Crippen LogP contribution in [0.5, 0.6) is 0 Å². The van der Waals surface area contributed by atoms with Crippen molar-refractivity contribution in [1.29, 1.82) is 0 Å². The van der Waals surface area contributed by atoms with Gasteiger partial charge < -0.3 is 18.7 Å². The van der Waals surface area contributed by atoms with Crippen LogP contribution in [0.4, 0.5) is 0 Å². The Morgan fingerprint density at radius 3 is 1.07 bits per heavy atom. The number of aromatic amines is 1. The van der Waals surface area contributed by atoms with E-state index < -0.39 is 0 Å². The van der Waals surface area contributed by atoms with E-state index in [1.54, 1.807) is 0 Å². The Kier molecular flexibility index (Phi) is 16.9. The number of para-hydroxylation sites is 4. The third-order valence-corrected chi connectivity index (χ3v) is 19.6. The molecule has 0 aliphatic heterocycles. The average molecular weight is 1410 g/mol. The number of rotatable bonds is 11. The molecule has 0 saturated carbocycles. The van der Waals surface area contributed by atoms with Gasteiger partial charge in [0.05, 0.1) is 27.6 Å². The molecule has 20 aromatic rings. The standard InChI is InChI=1S/C47H31N5.C27H18BrN3.C20H14N2/c1-5-15-32(16-6-1)35-29-36(47-49-45(33-17-7-2-8-18-33)48-46(50-47)34-19-9-3-10-20-34)31-38(30-35)52-43-24-14-13-23-39(43)40-25-26-42-41(44(40)52)27-28-51(42)37-21-11-4-12-22-37;28-24-17-22(19-10-4-1-5-11-19)16-23(18-24)27-30-25(20-12-6-2-7-13-20)29-26(31-27)21-14-8-3-9-15-21;1-2-6-14(7-3-1)22-13-12-17-19(22)11-10-16-15-8-4-5-9-18(15)21-20(16)17/h1-31H;1-18H;1-13,21H. The molecule has 496 valence electrons. The molecule has 0 unspecified atom stereocenters. The maximum absolute atomic E-state index is 5.13. The zero-order chi connectivity index (χ0) is 70.0. The predicted octanol–water partition coefficient (Wildman–Crippen LogP) is 24.1. The van der Waals surface area contributed by atoms with Crippen molar-refractivity contribution in [3.63, 3.8) is 0 Å². The summed E-state index contributed by atoms with van der Waals surface area (Å²) in [6.45, 7) is 0. The molecule has 6 aromatic heterocycles. The molecule has 0 spiro atoms. The lowest BCUT2D eigenvalue weighted by Crippen LogP contribution is -2.02. The third-order valence-electron chi connectivity index (χ3n) is 19.1. The summed E-state index contributed by atoms with van der Waals surface area (Å²) in [5.41, 5.74) is 20.5. The molecule has 0 aliphatic rings. The molecule has 6 heterocycles. The first-order valence-corrected chi connectivity index (χ1v) is 35.7. The average Bonchev–Trinajstić information content (AvgIpc) is 1.57. The smallest absolute Gasteiger partial charge is 0.164 e. The number of benzene rings is 14. The number of nitrogens with zero attached hydrogens (tertiary/aromatic N) is 9. The summed E-state index contributed by atoms with van der Waals surface area (Å²) >= 11 is 3.66. The molecule has 0 bridgehead atoms. The zero-order valence-electron chi connectivity index (χ0n) is 56.7. The topological polar surface area (TPSA) is 108 Å². The number of nitrogens with one attached hydrogen (secondary N) is 1. The maximum atomic E-state index is 5.13. The Morgan fingerprint density at radius 2 is 0.581 bits per heavy atom. The molecule has 20 rings (SSSR count). The SMILES string of the molecule is Brc1cc(-c2ccccc2)cc(-c2nc(-c3ccccc3)nc(-c3ccccc3)n2)c1.c1ccc(-c2cc(-c3nc(-c4ccccc4)nc(-c4ccccc4)n3)cc(-n3c4ccccc4c4ccc5c(ccn5-c5ccccc5)c43)c2)cc1.c1ccc(-n2ccc3c4[nH]c5ccccc5c4ccc32)cc1. The lowest BCUT2D eigenvalue weighted by atomic mass is 10.0. The lowest BCUT2D eigenvalue weighted by Gasteiger charge is -2.15. The van der Waals surface area contributed by atoms with Crippen molar-refractivity contribution in [3.05, 3.63) is 381 Å². The molecule has 11 heteroatoms. The Balaban J connectivity index is 0.000000124. The first-order valence-electron chi connectivity index (χ1n) is 34.9. The van der Waals surface area contributed by atoms with E-state index in [2.05, 4.69) is 259 Å². The highest BCUT2D eigenvalue weighted by Crippen LogP contribution is 2.41. The van der Waals surface area contributed by atoms with Gasteiger partial charge >= 0.3 is 0 Å². The summed E-state index contributed by atoms with van der Waals surface area (Å²) in [6, 6.07) is 126. The number of halogens is 1. The van der Waals surface area contributed by atoms with Gasteiger partial charge in [0.15, 0.2) is 34.9 Å². The van der Waals surface area contributed by atoms with E-state index in [0.717, 1.165) is 88.0 Å². The normalized spacial score (nSPS) is 11.3. The van der Waals surface area contributed by atoms with Crippen molar-refractivity contribution < 1.29 is 0 Å². The van der Waals surface area contributed by atoms with E-state index in [9.17, 15) is 0 Å². The van der Waals surface area contributed by atoms with E-state index in [1.165, 1.54) is 54.6 Å². The number of fused-ring (bicyclic) bond motifs is 10. The number of H-pyrrole nitrogens is 1. The minimum Gasteiger partial charge on any atom is -0.354 e. The van der Waals surface area contributed by atoms with Crippen molar-refractivity contribution in [3.8, 4) is 108 Å². The Hall–Kier alpha value is -13.7. The van der Waals surface area contributed by atoms with Gasteiger partial charge in [0.25, 0.3) is 0 Å². The molecular formula is C94H63BrN10. The number of hydrogen-bond acceptors (Lipinski definition) is 6. The highest BCUT2D eigenvalue weighted by atomic mass is 79.9. The second kappa shape index (κ2) is 28.0. The first kappa shape index (κ1) is 63.4. The summed E-state index contributed by atoms with van der Waals surface area (Å²) in [6.07, 6.45) is 4.32. The molecule has 0 amide bonds. The maximum Gasteiger partial charge on any atom is 0.164 e. The quantitative estimate of drug-likeness (QED) is 0.138. The van der Waals surface area contributed by atoms with Crippen LogP contribution in [0.3, 0.4) is 0 Å². The van der Waals surface area contributed by atoms with Crippen LogP contribution in [0, 0.1) is 0 Å². The summed E-state index contributed by atoms with van der Waals surface area (Å²) < 4.78 is 7.89. The van der Waals surface area contributed by atoms with Crippen LogP contribution in [0.1, 0.15) is 0 Å². The monoisotopic (exact) mass is 1410 g/mol. The van der Waals surface area contributed by atoms with Crippen molar-refractivity contribution in [2.45, 2.75) is 0 Å². The molecule has 0 saturated heterocycles. The van der Waals surface area contributed by atoms with E-state index in [1.807, 2.05) is 152 Å². The van der Waals surface area contributed by atoms with E-state index in [-0.39, 0.29) is 0 Å². The van der Waals surface area contributed by atoms with Gasteiger partial charge in [-0.3, -0.25) is 0 Å². The summed E-state index contributed by atoms with van der Waals surface area (Å²) in [5, 5.41) is 7.43. The second-order valence-corrected chi connectivity index (χ2v) is 26.6. The van der Waals surface area contributed by atoms with Crippen molar-refractivity contribution >= 4 is 81.3 Å². The van der Waals surface area contributed by atoms with Crippen LogP contribution in [-0.4, -0.2) is 48.6 Å². The van der Waals surface area contributed by atoms with Crippen LogP contribution >= 0.6 is 15.9 Å². The fourth-order valence-corrected chi connectivity index (χ4v) is 14.7. The zero-order valence-corrected chi connectivity index (χ0v) is 58.3. The second-order valence-electron chi connectivity index (χ2n) is 25.7. The summed E-state index contributed by atoms with van der Waals surface area (Å²) in [5.74, 6) is 3.85. The molecule has 1 N–H and O–H groups in total. The van der Waals surface area contributed by atoms with Crippen LogP contribution in [0.15, 0.2) is 381 Å². The summed E-state index contributed by atoms with van der Waals surface area (Å²) in [7, 11) is 0. The fourth-order valence-electron chi connectivity index (χ4n) is 14.2. The molecule has 0 fully saturated rings. The molecule has 10 nitrogen and oxygen atoms in total. The Labute approximate surface area is 614 Å². The number of hydrogen-bond donors (Lipinski definition) is 1. The van der Waals surface area contributed by atoms with Gasteiger partial charge in [0.2, 0.25) is 0 Å². The van der Waals surface area contributed by atoms with Crippen LogP contribution < -0.4 is 0 Å². The van der Waals surface area contributed by atoms with E-state index >= 15 is 0 Å². The fraction of sp³-hybridized carbons (Fsp3) is 0. The van der Waals surface area contributed by atoms with E-state index in [0.29, 0.717) is 34.9 Å². The minimum atomic E-state index is 0.618. The van der Waals surface area contributed by atoms with Crippen molar-refractivity contribution in [1.82, 2.24) is 48.6 Å². The van der Waals surface area contributed by atoms with Gasteiger partial charge in [0.1, 0.15) is 0 Å². The minimum absolute atomic E-state index is 0.618. The number of aromatic nitrogens is 10. The van der Waals surface area contributed by atoms with Gasteiger partial charge in [-0.05, 0) is 119 Å². The third kappa shape index (κ3) is 12.6. The molecule has 105 heavy (non-hydrogen) atoms. The molecule has 14 aromatic carbocycles. The highest BCUT2D eigenvalue weighted by molar-refractivity contribution is 9.10. The summed E-state index contributed by atoms with van der Waals surface area (Å²) in [4.78, 5) is 33.2. The lowest BCUT2D eigenvalue weighted by molar-refractivity contribution is 1.07. The van der Waals surface area contributed by atoms with Crippen molar-refractivity contribution in [2.24, 2.45) is 0 Å². The van der Waals surface area contributed by atoms with Crippen molar-refractivity contribution in [2.75, 3.05) is 0 Å². The molecule has 0 aliphatic carbocycles. The van der Waals surface area contributed by atoms with Gasteiger partial charge in [-0.25, -0.2) is 29.9 Å². The molecular weight excluding hydrogens is 1350 g/mol. The molecule has 0 atom stereocenters. The van der Waals surface area contributed by atoms with Crippen LogP contribution in [-0.2, 0) is 0 Å². The Morgan fingerprint density at radius 1 is 0.229 bits per heavy atom. The largest absolute Gasteiger partial charge is 0.354 e. The Bertz CT molecular complexity index is 6390. The predicted molar refractivity (Wildman–Crippen MR) is 435 cm³/mol. The first-order chi connectivity index (χ1) is 52.0. The van der Waals surface area contributed by atoms with Gasteiger partial charge in [-0.1, -0.05) is 283 Å². The van der Waals surface area contributed by atoms with Gasteiger partial charge in [-0.2, -0.15) is 0 Å². The molecule has 0 radical (unpaired) electrons. The van der Waals surface area contributed by atoms with Crippen LogP contribution in [0.2, 0.25) is 0 Å². The van der Waals surface area contributed by atoms with Gasteiger partial charge in [-0.15, -0.1) is 0 Å². The van der Waals surface area contributed by atoms with Crippen LogP contribution in [0.25, 0.3) is 173 Å². The van der Waals surface area contributed by atoms with E-state index in [4.69, 9.17) is 29.9 Å². The van der Waals surface area contributed by atoms with Gasteiger partial charge in [0, 0.05) is 105 Å².